The first-order chi connectivity index (χ1) is 35.9. The zero-order valence-corrected chi connectivity index (χ0v) is 42.3. The lowest BCUT2D eigenvalue weighted by atomic mass is 9.79. The van der Waals surface area contributed by atoms with Gasteiger partial charge in [-0.2, -0.15) is 0 Å². The summed E-state index contributed by atoms with van der Waals surface area (Å²) in [7, 11) is 0. The lowest BCUT2D eigenvalue weighted by molar-refractivity contribution is 0.446. The minimum atomic E-state index is -0.602. The van der Waals surface area contributed by atoms with E-state index >= 15 is 0 Å². The highest BCUT2D eigenvalue weighted by atomic mass is 16.3. The number of hydrogen-bond acceptors (Lipinski definition) is 3. The molecule has 4 heteroatoms. The maximum atomic E-state index is 12.7. The van der Waals surface area contributed by atoms with Crippen LogP contribution in [0.5, 0.6) is 5.75 Å². The van der Waals surface area contributed by atoms with Crippen molar-refractivity contribution in [2.45, 2.75) is 112 Å². The molecule has 9 rings (SSSR count). The molecule has 348 valence electrons. The highest BCUT2D eigenvalue weighted by Crippen LogP contribution is 2.47. The fourth-order valence-corrected chi connectivity index (χ4v) is 9.06. The minimum absolute atomic E-state index is 0.00950. The molecule has 0 bridgehead atoms. The van der Waals surface area contributed by atoms with Crippen molar-refractivity contribution in [2.24, 2.45) is 0 Å². The van der Waals surface area contributed by atoms with Gasteiger partial charge in [-0.15, -0.1) is 0 Å². The molecule has 2 heterocycles. The summed E-state index contributed by atoms with van der Waals surface area (Å²) in [6.45, 7) is 27.9. The highest BCUT2D eigenvalue weighted by Gasteiger charge is 2.30. The average Bonchev–Trinajstić information content (AvgIpc) is 3.85. The second-order valence-electron chi connectivity index (χ2n) is 22.5. The fourth-order valence-electron chi connectivity index (χ4n) is 9.06. The Morgan fingerprint density at radius 1 is 0.493 bits per heavy atom. The predicted molar refractivity (Wildman–Crippen MR) is 293 cm³/mol. The van der Waals surface area contributed by atoms with Gasteiger partial charge >= 0.3 is 0 Å². The molecule has 0 saturated heterocycles. The molecule has 0 aliphatic rings. The number of aromatic hydroxyl groups is 1. The van der Waals surface area contributed by atoms with Crippen molar-refractivity contribution in [3.63, 3.8) is 0 Å². The number of aryl methyl sites for hydroxylation is 1. The predicted octanol–water partition coefficient (Wildman–Crippen LogP) is 17.6. The fraction of sp³-hybridized carbons (Fsp3) is 0.262. The SMILES string of the molecule is [2H]c1nc(-c2cc(-c3cccc4c3nc(-c3cc(C(C)(C)C)cc(C(C)(C)C)c3O)n4-c3cc(C)c(-c4ccc(C(C)(C)C)cc4)cc3-c3ccccc3)cc(C(C)(C)C)c2)c([2H])c(-c2c([2H])c([2H])c([2H])c([2H])c2[2H])c1[2H]. The molecular weight excluding hydrogens is 839 g/mol. The molecule has 4 nitrogen and oxygen atoms in total. The van der Waals surface area contributed by atoms with Crippen molar-refractivity contribution in [3.05, 3.63) is 192 Å². The smallest absolute Gasteiger partial charge is 0.149 e. The Morgan fingerprint density at radius 2 is 1.13 bits per heavy atom. The van der Waals surface area contributed by atoms with E-state index in [0.29, 0.717) is 22.5 Å². The van der Waals surface area contributed by atoms with Crippen molar-refractivity contribution in [1.82, 2.24) is 14.5 Å². The number of pyridine rings is 1. The molecule has 0 aliphatic heterocycles. The summed E-state index contributed by atoms with van der Waals surface area (Å²) in [5, 5.41) is 12.7. The molecule has 0 saturated carbocycles. The Hall–Kier alpha value is -7.04. The lowest BCUT2D eigenvalue weighted by Gasteiger charge is -2.28. The molecule has 0 amide bonds. The third-order valence-corrected chi connectivity index (χ3v) is 13.2. The van der Waals surface area contributed by atoms with Crippen LogP contribution in [0.15, 0.2) is 164 Å². The number of phenolic OH excluding ortho intramolecular Hbond substituents is 1. The van der Waals surface area contributed by atoms with Crippen LogP contribution in [0.2, 0.25) is 0 Å². The zero-order chi connectivity index (χ0) is 56.2. The van der Waals surface area contributed by atoms with E-state index in [4.69, 9.17) is 14.6 Å². The first-order valence-corrected chi connectivity index (χ1v) is 23.8. The summed E-state index contributed by atoms with van der Waals surface area (Å²) >= 11 is 0. The van der Waals surface area contributed by atoms with Crippen molar-refractivity contribution in [3.8, 4) is 78.6 Å². The van der Waals surface area contributed by atoms with Crippen LogP contribution in [-0.2, 0) is 21.7 Å². The minimum Gasteiger partial charge on any atom is -0.507 e. The maximum Gasteiger partial charge on any atom is 0.149 e. The van der Waals surface area contributed by atoms with E-state index in [-0.39, 0.29) is 39.4 Å². The van der Waals surface area contributed by atoms with E-state index in [9.17, 15) is 6.48 Å². The van der Waals surface area contributed by atoms with Crippen molar-refractivity contribution in [1.29, 1.82) is 0 Å². The molecule has 0 spiro atoms. The van der Waals surface area contributed by atoms with Gasteiger partial charge in [0.15, 0.2) is 0 Å². The number of phenols is 1. The quantitative estimate of drug-likeness (QED) is 0.173. The largest absolute Gasteiger partial charge is 0.507 e. The van der Waals surface area contributed by atoms with E-state index in [1.165, 1.54) is 5.56 Å². The van der Waals surface area contributed by atoms with E-state index < -0.39 is 53.3 Å². The van der Waals surface area contributed by atoms with Crippen molar-refractivity contribution >= 4 is 11.0 Å². The summed E-state index contributed by atoms with van der Waals surface area (Å²) in [5.41, 5.74) is 12.1. The average molecular weight is 914 g/mol. The van der Waals surface area contributed by atoms with Gasteiger partial charge in [0, 0.05) is 28.4 Å². The van der Waals surface area contributed by atoms with Gasteiger partial charge in [0.1, 0.15) is 11.6 Å². The van der Waals surface area contributed by atoms with Gasteiger partial charge in [-0.25, -0.2) is 4.98 Å². The van der Waals surface area contributed by atoms with E-state index in [0.717, 1.165) is 66.8 Å². The summed E-state index contributed by atoms with van der Waals surface area (Å²) in [4.78, 5) is 10.2. The number of aromatic nitrogens is 3. The van der Waals surface area contributed by atoms with Crippen LogP contribution < -0.4 is 0 Å². The number of fused-ring (bicyclic) bond motifs is 1. The molecule has 0 atom stereocenters. The molecule has 0 fully saturated rings. The number of rotatable bonds is 7. The van der Waals surface area contributed by atoms with Crippen LogP contribution in [0.3, 0.4) is 0 Å². The number of hydrogen-bond donors (Lipinski definition) is 1. The van der Waals surface area contributed by atoms with Gasteiger partial charge in [-0.1, -0.05) is 192 Å². The molecule has 7 aromatic carbocycles. The number of para-hydroxylation sites is 1. The zero-order valence-electron chi connectivity index (χ0n) is 50.3. The summed E-state index contributed by atoms with van der Waals surface area (Å²) < 4.78 is 72.3. The van der Waals surface area contributed by atoms with Gasteiger partial charge in [0.2, 0.25) is 0 Å². The maximum absolute atomic E-state index is 12.7. The summed E-state index contributed by atoms with van der Waals surface area (Å²) in [6.07, 6.45) is -0.504. The second-order valence-corrected chi connectivity index (χ2v) is 22.5. The van der Waals surface area contributed by atoms with Gasteiger partial charge in [0.25, 0.3) is 0 Å². The monoisotopic (exact) mass is 914 g/mol. The molecule has 1 N–H and O–H groups in total. The Labute approximate surface area is 422 Å². The van der Waals surface area contributed by atoms with Crippen LogP contribution in [-0.4, -0.2) is 19.6 Å². The third kappa shape index (κ3) is 9.30. The Bertz CT molecular complexity index is 3800. The van der Waals surface area contributed by atoms with Gasteiger partial charge in [-0.3, -0.25) is 9.55 Å². The molecule has 0 radical (unpaired) electrons. The van der Waals surface area contributed by atoms with Crippen molar-refractivity contribution in [2.75, 3.05) is 0 Å². The Morgan fingerprint density at radius 3 is 1.78 bits per heavy atom. The van der Waals surface area contributed by atoms with Gasteiger partial charge in [0.05, 0.1) is 38.9 Å². The summed E-state index contributed by atoms with van der Waals surface area (Å²) in [5.74, 6) is 0.679. The van der Waals surface area contributed by atoms with E-state index in [2.05, 4.69) is 172 Å². The highest BCUT2D eigenvalue weighted by molar-refractivity contribution is 5.98. The summed E-state index contributed by atoms with van der Waals surface area (Å²) in [6, 6.07) is 36.0. The lowest BCUT2D eigenvalue weighted by Crippen LogP contribution is -2.17. The van der Waals surface area contributed by atoms with Crippen LogP contribution in [0.25, 0.3) is 83.9 Å². The first-order valence-electron chi connectivity index (χ1n) is 27.8. The molecule has 69 heavy (non-hydrogen) atoms. The first kappa shape index (κ1) is 37.9. The third-order valence-electron chi connectivity index (χ3n) is 13.2. The molecule has 0 unspecified atom stereocenters. The van der Waals surface area contributed by atoms with Crippen LogP contribution in [0, 0.1) is 6.92 Å². The number of nitrogens with zero attached hydrogens (tertiary/aromatic N) is 3. The normalized spacial score (nSPS) is 14.1. The number of imidazole rings is 1. The molecule has 2 aromatic heterocycles. The van der Waals surface area contributed by atoms with Crippen LogP contribution in [0.4, 0.5) is 0 Å². The van der Waals surface area contributed by atoms with E-state index in [1.807, 2.05) is 42.5 Å². The topological polar surface area (TPSA) is 50.9 Å². The van der Waals surface area contributed by atoms with Crippen molar-refractivity contribution < 1.29 is 16.1 Å². The molecule has 9 aromatic rings. The van der Waals surface area contributed by atoms with Crippen LogP contribution >= 0.6 is 0 Å². The second kappa shape index (κ2) is 17.5. The van der Waals surface area contributed by atoms with Gasteiger partial charge in [-0.05, 0) is 133 Å². The van der Waals surface area contributed by atoms with Gasteiger partial charge < -0.3 is 5.11 Å². The Kier molecular flexibility index (Phi) is 9.60. The molecular formula is C65H67N3O. The van der Waals surface area contributed by atoms with Crippen LogP contribution in [0.1, 0.15) is 122 Å². The standard InChI is InChI=1S/C65H67N3O/c1-41-33-58(53(43-23-18-15-19-24-43)40-52(41)44-27-29-48(30-28-44)62(2,3)4)68-57-26-20-25-51(59(57)67-61(68)54-38-50(64(8,9)10)39-55(60(54)69)65(11,12)13)46-34-47(36-49(35-46)63(5,6)7)56-37-45(31-32-66-56)42-21-16-14-17-22-42/h14-40,69H,1-13H3/i14D,16D,17D,21D,22D,31D,32D,37D. The molecule has 0 aliphatic carbocycles. The van der Waals surface area contributed by atoms with E-state index in [1.54, 1.807) is 0 Å². The Balaban J connectivity index is 1.39. The number of benzene rings is 7.